The van der Waals surface area contributed by atoms with Gasteiger partial charge < -0.3 is 35.3 Å². The highest BCUT2D eigenvalue weighted by molar-refractivity contribution is 7.22. The van der Waals surface area contributed by atoms with E-state index in [-0.39, 0.29) is 18.8 Å². The Morgan fingerprint density at radius 2 is 1.95 bits per heavy atom. The second-order valence-corrected chi connectivity index (χ2v) is 9.79. The highest BCUT2D eigenvalue weighted by atomic mass is 32.1. The number of carbonyl (C=O) groups is 1. The summed E-state index contributed by atoms with van der Waals surface area (Å²) in [7, 11) is 1.76. The number of hydrogen-bond acceptors (Lipinski definition) is 9. The van der Waals surface area contributed by atoms with Crippen molar-refractivity contribution in [1.82, 2.24) is 19.9 Å². The van der Waals surface area contributed by atoms with E-state index in [0.29, 0.717) is 37.9 Å². The van der Waals surface area contributed by atoms with Gasteiger partial charge in [-0.15, -0.1) is 13.2 Å². The summed E-state index contributed by atoms with van der Waals surface area (Å²) in [6.45, 7) is -0.294. The molecule has 37 heavy (non-hydrogen) atoms. The first kappa shape index (κ1) is 25.2. The Morgan fingerprint density at radius 3 is 2.65 bits per heavy atom. The number of fused-ring (bicyclic) bond motifs is 2. The molecule has 1 amide bonds. The molecule has 0 saturated heterocycles. The van der Waals surface area contributed by atoms with Crippen molar-refractivity contribution < 1.29 is 38.0 Å². The summed E-state index contributed by atoms with van der Waals surface area (Å²) >= 11 is 1.13. The van der Waals surface area contributed by atoms with Crippen LogP contribution in [0.1, 0.15) is 16.8 Å². The predicted octanol–water partition coefficient (Wildman–Crippen LogP) is 2.66. The van der Waals surface area contributed by atoms with E-state index in [4.69, 9.17) is 0 Å². The Bertz CT molecular complexity index is 1470. The molecule has 2 aromatic heterocycles. The molecule has 2 aromatic carbocycles. The number of ether oxygens (including phenoxy) is 1. The average molecular weight is 538 g/mol. The lowest BCUT2D eigenvalue weighted by molar-refractivity contribution is -0.274. The van der Waals surface area contributed by atoms with Crippen molar-refractivity contribution in [3.63, 3.8) is 0 Å². The Morgan fingerprint density at radius 1 is 1.16 bits per heavy atom. The van der Waals surface area contributed by atoms with Crippen LogP contribution in [0.15, 0.2) is 36.4 Å². The Kier molecular flexibility index (Phi) is 6.43. The SMILES string of the molecule is Cn1c(Nc2nc3ccc(OC(F)(F)F)cc3s2)nc2cc(C(=O)N[C@@H]3C[C@H](CO)[C@@H](O)[C@H]3O)ccc21. The van der Waals surface area contributed by atoms with Gasteiger partial charge in [-0.25, -0.2) is 9.97 Å². The van der Waals surface area contributed by atoms with E-state index >= 15 is 0 Å². The first-order valence-corrected chi connectivity index (χ1v) is 12.0. The zero-order chi connectivity index (χ0) is 26.5. The largest absolute Gasteiger partial charge is 0.573 e. The van der Waals surface area contributed by atoms with E-state index in [1.807, 2.05) is 0 Å². The molecule has 4 aromatic rings. The lowest BCUT2D eigenvalue weighted by atomic mass is 10.1. The predicted molar refractivity (Wildman–Crippen MR) is 129 cm³/mol. The number of aryl methyl sites for hydroxylation is 1. The molecule has 5 N–H and O–H groups in total. The molecule has 0 bridgehead atoms. The number of alkyl halides is 3. The molecule has 1 fully saturated rings. The molecule has 14 heteroatoms. The maximum absolute atomic E-state index is 12.8. The lowest BCUT2D eigenvalue weighted by Gasteiger charge is -2.18. The third-order valence-corrected chi connectivity index (χ3v) is 7.24. The van der Waals surface area contributed by atoms with Gasteiger partial charge in [-0.2, -0.15) is 0 Å². The molecule has 2 heterocycles. The van der Waals surface area contributed by atoms with E-state index in [2.05, 4.69) is 25.3 Å². The standard InChI is InChI=1S/C23H22F3N5O5S/c1-31-16-5-2-10(20(35)27-15-7-11(9-32)18(33)19(15)34)6-14(16)28-21(31)30-22-29-13-4-3-12(8-17(13)37-22)36-23(24,25)26/h2-6,8,11,15,18-19,32-34H,7,9H2,1H3,(H,27,35)(H,28,29,30)/t11-,15-,18-,19+/m1/s1. The van der Waals surface area contributed by atoms with Gasteiger partial charge in [0.1, 0.15) is 11.9 Å². The van der Waals surface area contributed by atoms with Gasteiger partial charge in [-0.1, -0.05) is 11.3 Å². The topological polar surface area (TPSA) is 142 Å². The third-order valence-electron chi connectivity index (χ3n) is 6.31. The van der Waals surface area contributed by atoms with Crippen LogP contribution in [0.25, 0.3) is 21.3 Å². The first-order chi connectivity index (χ1) is 17.5. The van der Waals surface area contributed by atoms with Crippen LogP contribution in [0.3, 0.4) is 0 Å². The van der Waals surface area contributed by atoms with Crippen molar-refractivity contribution in [3.05, 3.63) is 42.0 Å². The fourth-order valence-corrected chi connectivity index (χ4v) is 5.29. The van der Waals surface area contributed by atoms with E-state index in [9.17, 15) is 33.3 Å². The maximum atomic E-state index is 12.8. The number of imidazole rings is 1. The maximum Gasteiger partial charge on any atom is 0.573 e. The van der Waals surface area contributed by atoms with Crippen LogP contribution in [-0.2, 0) is 7.05 Å². The number of aliphatic hydroxyl groups is 3. The second kappa shape index (κ2) is 9.45. The van der Waals surface area contributed by atoms with Crippen molar-refractivity contribution in [3.8, 4) is 5.75 Å². The zero-order valence-electron chi connectivity index (χ0n) is 19.2. The zero-order valence-corrected chi connectivity index (χ0v) is 20.0. The number of rotatable bonds is 6. The number of halogens is 3. The monoisotopic (exact) mass is 537 g/mol. The van der Waals surface area contributed by atoms with Gasteiger partial charge in [0.05, 0.1) is 33.4 Å². The van der Waals surface area contributed by atoms with Crippen molar-refractivity contribution >= 4 is 49.6 Å². The number of carbonyl (C=O) groups excluding carboxylic acids is 1. The Hall–Kier alpha value is -3.46. The van der Waals surface area contributed by atoms with E-state index in [1.165, 1.54) is 18.2 Å². The van der Waals surface area contributed by atoms with Gasteiger partial charge in [0, 0.05) is 31.2 Å². The molecule has 196 valence electrons. The molecule has 1 aliphatic rings. The molecule has 10 nitrogen and oxygen atoms in total. The van der Waals surface area contributed by atoms with Crippen molar-refractivity contribution in [2.75, 3.05) is 11.9 Å². The van der Waals surface area contributed by atoms with Gasteiger partial charge in [-0.05, 0) is 36.8 Å². The van der Waals surface area contributed by atoms with Crippen LogP contribution >= 0.6 is 11.3 Å². The number of benzene rings is 2. The minimum Gasteiger partial charge on any atom is -0.406 e. The molecule has 5 rings (SSSR count). The fraction of sp³-hybridized carbons (Fsp3) is 0.348. The molecular weight excluding hydrogens is 515 g/mol. The van der Waals surface area contributed by atoms with Gasteiger partial charge in [0.2, 0.25) is 5.95 Å². The van der Waals surface area contributed by atoms with E-state index < -0.39 is 36.4 Å². The van der Waals surface area contributed by atoms with Crippen LogP contribution in [0.2, 0.25) is 0 Å². The number of nitrogens with one attached hydrogen (secondary N) is 2. The summed E-state index contributed by atoms with van der Waals surface area (Å²) in [5, 5.41) is 35.6. The quantitative estimate of drug-likeness (QED) is 0.253. The van der Waals surface area contributed by atoms with Crippen LogP contribution in [0.5, 0.6) is 5.75 Å². The normalized spacial score (nSPS) is 22.0. The highest BCUT2D eigenvalue weighted by Crippen LogP contribution is 2.33. The smallest absolute Gasteiger partial charge is 0.406 e. The molecule has 4 atom stereocenters. The summed E-state index contributed by atoms with van der Waals surface area (Å²) in [6, 6.07) is 8.07. The number of anilines is 2. The minimum atomic E-state index is -4.79. The summed E-state index contributed by atoms with van der Waals surface area (Å²) in [4.78, 5) is 21.7. The van der Waals surface area contributed by atoms with Crippen molar-refractivity contribution in [1.29, 1.82) is 0 Å². The van der Waals surface area contributed by atoms with E-state index in [1.54, 1.807) is 29.8 Å². The van der Waals surface area contributed by atoms with Crippen LogP contribution in [0.4, 0.5) is 24.3 Å². The summed E-state index contributed by atoms with van der Waals surface area (Å²) in [6.07, 6.45) is -6.84. The van der Waals surface area contributed by atoms with Crippen molar-refractivity contribution in [2.45, 2.75) is 31.0 Å². The molecule has 0 spiro atoms. The molecule has 1 saturated carbocycles. The van der Waals surface area contributed by atoms with Crippen LogP contribution in [-0.4, -0.2) is 67.0 Å². The summed E-state index contributed by atoms with van der Waals surface area (Å²) < 4.78 is 43.7. The molecule has 0 unspecified atom stereocenters. The first-order valence-electron chi connectivity index (χ1n) is 11.2. The molecule has 1 aliphatic carbocycles. The number of nitrogens with zero attached hydrogens (tertiary/aromatic N) is 3. The van der Waals surface area contributed by atoms with Crippen LogP contribution < -0.4 is 15.4 Å². The number of hydrogen-bond donors (Lipinski definition) is 5. The minimum absolute atomic E-state index is 0.246. The Balaban J connectivity index is 1.34. The molecular formula is C23H22F3N5O5S. The van der Waals surface area contributed by atoms with Gasteiger partial charge in [0.15, 0.2) is 5.13 Å². The van der Waals surface area contributed by atoms with Gasteiger partial charge in [-0.3, -0.25) is 4.79 Å². The molecule has 0 radical (unpaired) electrons. The van der Waals surface area contributed by atoms with Gasteiger partial charge >= 0.3 is 6.36 Å². The van der Waals surface area contributed by atoms with Crippen LogP contribution in [0, 0.1) is 5.92 Å². The van der Waals surface area contributed by atoms with Crippen molar-refractivity contribution in [2.24, 2.45) is 13.0 Å². The summed E-state index contributed by atoms with van der Waals surface area (Å²) in [5.74, 6) is -0.910. The van der Waals surface area contributed by atoms with Gasteiger partial charge in [0.25, 0.3) is 5.91 Å². The highest BCUT2D eigenvalue weighted by Gasteiger charge is 2.41. The Labute approximate surface area is 211 Å². The summed E-state index contributed by atoms with van der Waals surface area (Å²) in [5.41, 5.74) is 1.99. The number of thiazole rings is 1. The lowest BCUT2D eigenvalue weighted by Crippen LogP contribution is -2.43. The van der Waals surface area contributed by atoms with E-state index in [0.717, 1.165) is 11.3 Å². The average Bonchev–Trinajstić information content (AvgIpc) is 3.47. The number of amides is 1. The fourth-order valence-electron chi connectivity index (χ4n) is 4.40. The second-order valence-electron chi connectivity index (χ2n) is 8.76. The molecule has 0 aliphatic heterocycles. The third kappa shape index (κ3) is 5.05. The number of aliphatic hydroxyl groups excluding tert-OH is 3. The number of aromatic nitrogens is 3.